The third kappa shape index (κ3) is 3.77. The molecule has 1 saturated heterocycles. The van der Waals surface area contributed by atoms with Gasteiger partial charge >= 0.3 is 0 Å². The van der Waals surface area contributed by atoms with Gasteiger partial charge in [0.2, 0.25) is 0 Å². The van der Waals surface area contributed by atoms with Crippen molar-refractivity contribution >= 4 is 11.3 Å². The molecule has 102 valence electrons. The van der Waals surface area contributed by atoms with Crippen molar-refractivity contribution in [3.05, 3.63) is 16.1 Å². The van der Waals surface area contributed by atoms with Crippen molar-refractivity contribution in [3.63, 3.8) is 0 Å². The van der Waals surface area contributed by atoms with Gasteiger partial charge in [-0.25, -0.2) is 4.98 Å². The normalized spacial score (nSPS) is 23.2. The maximum absolute atomic E-state index is 4.50. The van der Waals surface area contributed by atoms with Crippen LogP contribution in [0.5, 0.6) is 0 Å². The van der Waals surface area contributed by atoms with E-state index in [4.69, 9.17) is 0 Å². The van der Waals surface area contributed by atoms with Gasteiger partial charge in [-0.2, -0.15) is 0 Å². The Bertz CT molecular complexity index is 364. The number of nitrogens with one attached hydrogen (secondary N) is 1. The Labute approximate surface area is 115 Å². The van der Waals surface area contributed by atoms with Crippen LogP contribution in [0.3, 0.4) is 0 Å². The molecule has 1 aromatic rings. The Morgan fingerprint density at radius 3 is 3.11 bits per heavy atom. The summed E-state index contributed by atoms with van der Waals surface area (Å²) in [6.45, 7) is 11.3. The number of likely N-dealkylation sites (tertiary alicyclic amines) is 1. The highest BCUT2D eigenvalue weighted by molar-refractivity contribution is 7.09. The second-order valence-electron chi connectivity index (χ2n) is 5.32. The highest BCUT2D eigenvalue weighted by atomic mass is 32.1. The second-order valence-corrected chi connectivity index (χ2v) is 6.39. The molecule has 0 aromatic carbocycles. The Morgan fingerprint density at radius 1 is 1.61 bits per heavy atom. The smallest absolute Gasteiger partial charge is 0.0897 e. The van der Waals surface area contributed by atoms with Gasteiger partial charge in [-0.15, -0.1) is 11.3 Å². The van der Waals surface area contributed by atoms with Crippen LogP contribution in [0.25, 0.3) is 0 Å². The molecule has 1 aliphatic heterocycles. The molecule has 0 amide bonds. The lowest BCUT2D eigenvalue weighted by atomic mass is 9.91. The Hall–Kier alpha value is -0.450. The number of piperidine rings is 1. The van der Waals surface area contributed by atoms with Crippen LogP contribution in [0.1, 0.15) is 37.4 Å². The van der Waals surface area contributed by atoms with Crippen LogP contribution in [-0.2, 0) is 6.54 Å². The summed E-state index contributed by atoms with van der Waals surface area (Å²) in [4.78, 5) is 7.07. The molecule has 0 saturated carbocycles. The van der Waals surface area contributed by atoms with Crippen molar-refractivity contribution < 1.29 is 0 Å². The van der Waals surface area contributed by atoms with E-state index in [-0.39, 0.29) is 0 Å². The summed E-state index contributed by atoms with van der Waals surface area (Å²) < 4.78 is 0. The number of rotatable bonds is 5. The van der Waals surface area contributed by atoms with Crippen molar-refractivity contribution in [2.24, 2.45) is 5.92 Å². The van der Waals surface area contributed by atoms with Crippen molar-refractivity contribution in [2.75, 3.05) is 19.6 Å². The molecule has 1 aromatic heterocycles. The fourth-order valence-corrected chi connectivity index (χ4v) is 3.32. The number of thiazole rings is 1. The summed E-state index contributed by atoms with van der Waals surface area (Å²) in [6, 6.07) is 0.585. The van der Waals surface area contributed by atoms with Crippen LogP contribution in [-0.4, -0.2) is 35.6 Å². The average Bonchev–Trinajstić information content (AvgIpc) is 2.82. The van der Waals surface area contributed by atoms with E-state index in [0.717, 1.165) is 17.5 Å². The van der Waals surface area contributed by atoms with Crippen LogP contribution in [0.4, 0.5) is 0 Å². The fourth-order valence-electron chi connectivity index (χ4n) is 2.71. The number of nitrogens with zero attached hydrogens (tertiary/aromatic N) is 2. The summed E-state index contributed by atoms with van der Waals surface area (Å²) in [5.41, 5.74) is 1.19. The largest absolute Gasteiger partial charge is 0.308 e. The third-order valence-electron chi connectivity index (χ3n) is 3.97. The first-order valence-electron chi connectivity index (χ1n) is 7.05. The van der Waals surface area contributed by atoms with E-state index >= 15 is 0 Å². The quantitative estimate of drug-likeness (QED) is 0.889. The highest BCUT2D eigenvalue weighted by Crippen LogP contribution is 2.19. The van der Waals surface area contributed by atoms with Crippen molar-refractivity contribution in [1.82, 2.24) is 15.2 Å². The van der Waals surface area contributed by atoms with Gasteiger partial charge in [-0.05, 0) is 45.7 Å². The molecule has 3 nitrogen and oxygen atoms in total. The average molecular weight is 267 g/mol. The number of aryl methyl sites for hydroxylation is 1. The summed E-state index contributed by atoms with van der Waals surface area (Å²) in [7, 11) is 0. The zero-order valence-electron chi connectivity index (χ0n) is 11.8. The first-order valence-corrected chi connectivity index (χ1v) is 7.93. The van der Waals surface area contributed by atoms with E-state index < -0.39 is 0 Å². The summed E-state index contributed by atoms with van der Waals surface area (Å²) in [6.07, 6.45) is 2.71. The van der Waals surface area contributed by atoms with Gasteiger partial charge in [-0.3, -0.25) is 0 Å². The summed E-state index contributed by atoms with van der Waals surface area (Å²) in [5.74, 6) is 0.790. The molecule has 0 aliphatic carbocycles. The van der Waals surface area contributed by atoms with Crippen LogP contribution in [0.15, 0.2) is 5.38 Å². The molecule has 0 radical (unpaired) electrons. The number of hydrogen-bond acceptors (Lipinski definition) is 4. The van der Waals surface area contributed by atoms with Crippen LogP contribution in [0.2, 0.25) is 0 Å². The standard InChI is InChI=1S/C14H25N3S/c1-4-17-7-5-6-13(9-17)11(2)15-8-14-10-18-12(3)16-14/h10-11,13,15H,4-9H2,1-3H3. The van der Waals surface area contributed by atoms with Gasteiger partial charge in [0, 0.05) is 24.5 Å². The van der Waals surface area contributed by atoms with Crippen molar-refractivity contribution in [2.45, 2.75) is 46.2 Å². The monoisotopic (exact) mass is 267 g/mol. The zero-order chi connectivity index (χ0) is 13.0. The Morgan fingerprint density at radius 2 is 2.44 bits per heavy atom. The van der Waals surface area contributed by atoms with Gasteiger partial charge in [-0.1, -0.05) is 6.92 Å². The highest BCUT2D eigenvalue weighted by Gasteiger charge is 2.23. The lowest BCUT2D eigenvalue weighted by Gasteiger charge is -2.35. The van der Waals surface area contributed by atoms with Gasteiger partial charge in [0.15, 0.2) is 0 Å². The minimum Gasteiger partial charge on any atom is -0.308 e. The van der Waals surface area contributed by atoms with E-state index in [1.165, 1.54) is 38.2 Å². The van der Waals surface area contributed by atoms with Gasteiger partial charge in [0.1, 0.15) is 0 Å². The maximum atomic E-state index is 4.50. The first-order chi connectivity index (χ1) is 8.69. The first kappa shape index (κ1) is 14.0. The van der Waals surface area contributed by atoms with Gasteiger partial charge in [0.05, 0.1) is 10.7 Å². The molecule has 4 heteroatoms. The Balaban J connectivity index is 1.78. The van der Waals surface area contributed by atoms with Crippen molar-refractivity contribution in [3.8, 4) is 0 Å². The molecule has 0 bridgehead atoms. The molecular formula is C14H25N3S. The Kier molecular flexibility index (Phi) is 5.15. The lowest BCUT2D eigenvalue weighted by molar-refractivity contribution is 0.156. The predicted molar refractivity (Wildman–Crippen MR) is 78.0 cm³/mol. The molecule has 2 atom stereocenters. The van der Waals surface area contributed by atoms with E-state index in [1.807, 2.05) is 0 Å². The van der Waals surface area contributed by atoms with Crippen LogP contribution >= 0.6 is 11.3 Å². The molecule has 2 unspecified atom stereocenters. The SMILES string of the molecule is CCN1CCCC(C(C)NCc2csc(C)n2)C1. The molecule has 1 aliphatic rings. The minimum absolute atomic E-state index is 0.585. The topological polar surface area (TPSA) is 28.2 Å². The maximum Gasteiger partial charge on any atom is 0.0897 e. The molecular weight excluding hydrogens is 242 g/mol. The van der Waals surface area contributed by atoms with Crippen molar-refractivity contribution in [1.29, 1.82) is 0 Å². The third-order valence-corrected chi connectivity index (χ3v) is 4.79. The number of aromatic nitrogens is 1. The second kappa shape index (κ2) is 6.64. The van der Waals surface area contributed by atoms with E-state index in [1.54, 1.807) is 11.3 Å². The van der Waals surface area contributed by atoms with Gasteiger partial charge in [0.25, 0.3) is 0 Å². The molecule has 0 spiro atoms. The molecule has 18 heavy (non-hydrogen) atoms. The lowest BCUT2D eigenvalue weighted by Crippen LogP contribution is -2.44. The minimum atomic E-state index is 0.585. The van der Waals surface area contributed by atoms with E-state index in [9.17, 15) is 0 Å². The summed E-state index contributed by atoms with van der Waals surface area (Å²) >= 11 is 1.74. The number of hydrogen-bond donors (Lipinski definition) is 1. The molecule has 1 fully saturated rings. The van der Waals surface area contributed by atoms with Crippen LogP contribution in [0, 0.1) is 12.8 Å². The molecule has 1 N–H and O–H groups in total. The van der Waals surface area contributed by atoms with Crippen LogP contribution < -0.4 is 5.32 Å². The fraction of sp³-hybridized carbons (Fsp3) is 0.786. The van der Waals surface area contributed by atoms with E-state index in [0.29, 0.717) is 6.04 Å². The zero-order valence-corrected chi connectivity index (χ0v) is 12.6. The molecule has 2 heterocycles. The van der Waals surface area contributed by atoms with Gasteiger partial charge < -0.3 is 10.2 Å². The van der Waals surface area contributed by atoms with E-state index in [2.05, 4.69) is 41.4 Å². The predicted octanol–water partition coefficient (Wildman–Crippen LogP) is 2.66. The molecule has 2 rings (SSSR count). The summed E-state index contributed by atoms with van der Waals surface area (Å²) in [5, 5.41) is 6.97.